The molecule has 1 aromatic rings. The number of nitrogens with zero attached hydrogens (tertiary/aromatic N) is 2. The van der Waals surface area contributed by atoms with Crippen LogP contribution in [0.5, 0.6) is 0 Å². The van der Waals surface area contributed by atoms with Crippen LogP contribution in [0.1, 0.15) is 37.3 Å². The van der Waals surface area contributed by atoms with Gasteiger partial charge in [-0.15, -0.1) is 0 Å². The molecule has 1 aliphatic rings. The summed E-state index contributed by atoms with van der Waals surface area (Å²) in [7, 11) is 0. The molecular weight excluding hydrogens is 366 g/mol. The summed E-state index contributed by atoms with van der Waals surface area (Å²) in [5, 5.41) is 0. The Labute approximate surface area is 177 Å². The van der Waals surface area contributed by atoms with Gasteiger partial charge >= 0.3 is 0 Å². The minimum absolute atomic E-state index is 0.599. The molecule has 0 atom stereocenters. The molecule has 0 radical (unpaired) electrons. The van der Waals surface area contributed by atoms with Crippen LogP contribution in [0.15, 0.2) is 24.3 Å². The second-order valence-electron chi connectivity index (χ2n) is 7.99. The van der Waals surface area contributed by atoms with Crippen molar-refractivity contribution in [1.82, 2.24) is 9.80 Å². The maximum atomic E-state index is 5.70. The normalized spacial score (nSPS) is 16.0. The van der Waals surface area contributed by atoms with Gasteiger partial charge in [0.15, 0.2) is 0 Å². The molecule has 0 unspecified atom stereocenters. The third-order valence-electron chi connectivity index (χ3n) is 5.31. The molecule has 1 aromatic carbocycles. The van der Waals surface area contributed by atoms with Crippen LogP contribution in [0.3, 0.4) is 0 Å². The Morgan fingerprint density at radius 3 is 1.93 bits per heavy atom. The lowest BCUT2D eigenvalue weighted by molar-refractivity contribution is 0.00765. The third kappa shape index (κ3) is 10.5. The molecule has 6 nitrogen and oxygen atoms in total. The van der Waals surface area contributed by atoms with E-state index in [9.17, 15) is 0 Å². The second kappa shape index (κ2) is 14.9. The molecule has 0 aromatic heterocycles. The van der Waals surface area contributed by atoms with E-state index in [2.05, 4.69) is 47.9 Å². The predicted octanol–water partition coefficient (Wildman–Crippen LogP) is 2.33. The quantitative estimate of drug-likeness (QED) is 0.450. The highest BCUT2D eigenvalue weighted by atomic mass is 16.5. The van der Waals surface area contributed by atoms with Gasteiger partial charge in [0, 0.05) is 45.9 Å². The highest BCUT2D eigenvalue weighted by Gasteiger charge is 2.16. The Morgan fingerprint density at radius 2 is 1.34 bits per heavy atom. The first-order chi connectivity index (χ1) is 14.2. The monoisotopic (exact) mass is 407 g/mol. The van der Waals surface area contributed by atoms with Crippen molar-refractivity contribution in [2.75, 3.05) is 78.9 Å². The molecule has 1 heterocycles. The van der Waals surface area contributed by atoms with Gasteiger partial charge in [-0.2, -0.15) is 0 Å². The molecule has 0 spiro atoms. The molecule has 1 aliphatic heterocycles. The number of rotatable bonds is 15. The Hall–Kier alpha value is -1.02. The first kappa shape index (κ1) is 24.3. The van der Waals surface area contributed by atoms with Crippen molar-refractivity contribution >= 4 is 0 Å². The van der Waals surface area contributed by atoms with E-state index in [0.717, 1.165) is 52.3 Å². The standard InChI is InChI=1S/C23H41N3O3/c1-21(2)23-6-4-22(5-7-23)20-26-11-9-25(10-12-26)13-15-28-17-19-29-18-16-27-14-3-8-24/h4-7,21H,3,8-20,24H2,1-2H3. The highest BCUT2D eigenvalue weighted by Crippen LogP contribution is 2.16. The van der Waals surface area contributed by atoms with E-state index in [1.54, 1.807) is 0 Å². The lowest BCUT2D eigenvalue weighted by Gasteiger charge is -2.34. The molecule has 29 heavy (non-hydrogen) atoms. The summed E-state index contributed by atoms with van der Waals surface area (Å²) in [4.78, 5) is 5.04. The van der Waals surface area contributed by atoms with E-state index in [1.807, 2.05) is 0 Å². The summed E-state index contributed by atoms with van der Waals surface area (Å²) in [5.74, 6) is 0.599. The first-order valence-corrected chi connectivity index (χ1v) is 11.2. The van der Waals surface area contributed by atoms with Crippen molar-refractivity contribution in [3.63, 3.8) is 0 Å². The van der Waals surface area contributed by atoms with Crippen LogP contribution >= 0.6 is 0 Å². The molecule has 2 rings (SSSR count). The third-order valence-corrected chi connectivity index (χ3v) is 5.31. The molecule has 6 heteroatoms. The van der Waals surface area contributed by atoms with E-state index in [-0.39, 0.29) is 0 Å². The zero-order chi connectivity index (χ0) is 20.7. The number of piperazine rings is 1. The van der Waals surface area contributed by atoms with Crippen molar-refractivity contribution in [2.24, 2.45) is 5.73 Å². The summed E-state index contributed by atoms with van der Waals surface area (Å²) < 4.78 is 16.6. The number of nitrogens with two attached hydrogens (primary N) is 1. The van der Waals surface area contributed by atoms with E-state index in [1.165, 1.54) is 11.1 Å². The van der Waals surface area contributed by atoms with Gasteiger partial charge in [-0.05, 0) is 30.0 Å². The van der Waals surface area contributed by atoms with Crippen molar-refractivity contribution in [2.45, 2.75) is 32.7 Å². The molecular formula is C23H41N3O3. The average Bonchev–Trinajstić information content (AvgIpc) is 2.73. The summed E-state index contributed by atoms with van der Waals surface area (Å²) >= 11 is 0. The van der Waals surface area contributed by atoms with Gasteiger partial charge in [0.05, 0.1) is 33.0 Å². The maximum absolute atomic E-state index is 5.70. The lowest BCUT2D eigenvalue weighted by atomic mass is 10.0. The van der Waals surface area contributed by atoms with Gasteiger partial charge in [-0.1, -0.05) is 38.1 Å². The smallest absolute Gasteiger partial charge is 0.0701 e. The molecule has 0 bridgehead atoms. The van der Waals surface area contributed by atoms with Gasteiger partial charge in [0.25, 0.3) is 0 Å². The second-order valence-corrected chi connectivity index (χ2v) is 7.99. The highest BCUT2D eigenvalue weighted by molar-refractivity contribution is 5.24. The Morgan fingerprint density at radius 1 is 0.793 bits per heavy atom. The zero-order valence-electron chi connectivity index (χ0n) is 18.5. The van der Waals surface area contributed by atoms with Crippen molar-refractivity contribution in [1.29, 1.82) is 0 Å². The van der Waals surface area contributed by atoms with E-state index in [4.69, 9.17) is 19.9 Å². The van der Waals surface area contributed by atoms with Gasteiger partial charge in [-0.3, -0.25) is 9.80 Å². The number of ether oxygens (including phenoxy) is 3. The van der Waals surface area contributed by atoms with Crippen LogP contribution in [0.4, 0.5) is 0 Å². The van der Waals surface area contributed by atoms with Gasteiger partial charge in [0.1, 0.15) is 0 Å². The Kier molecular flexibility index (Phi) is 12.4. The fraction of sp³-hybridized carbons (Fsp3) is 0.739. The minimum atomic E-state index is 0.599. The Balaban J connectivity index is 1.45. The van der Waals surface area contributed by atoms with Crippen molar-refractivity contribution < 1.29 is 14.2 Å². The maximum Gasteiger partial charge on any atom is 0.0701 e. The summed E-state index contributed by atoms with van der Waals surface area (Å²) in [6, 6.07) is 9.10. The van der Waals surface area contributed by atoms with Gasteiger partial charge < -0.3 is 19.9 Å². The van der Waals surface area contributed by atoms with Crippen LogP contribution in [0.2, 0.25) is 0 Å². The minimum Gasteiger partial charge on any atom is -0.379 e. The topological polar surface area (TPSA) is 60.2 Å². The van der Waals surface area contributed by atoms with Crippen molar-refractivity contribution in [3.8, 4) is 0 Å². The summed E-state index contributed by atoms with van der Waals surface area (Å²) in [6.45, 7) is 15.7. The van der Waals surface area contributed by atoms with Crippen LogP contribution in [0, 0.1) is 0 Å². The van der Waals surface area contributed by atoms with Gasteiger partial charge in [0.2, 0.25) is 0 Å². The van der Waals surface area contributed by atoms with Crippen LogP contribution in [0.25, 0.3) is 0 Å². The average molecular weight is 408 g/mol. The number of hydrogen-bond acceptors (Lipinski definition) is 6. The fourth-order valence-electron chi connectivity index (χ4n) is 3.36. The van der Waals surface area contributed by atoms with E-state index >= 15 is 0 Å². The molecule has 0 saturated carbocycles. The number of hydrogen-bond donors (Lipinski definition) is 1. The predicted molar refractivity (Wildman–Crippen MR) is 118 cm³/mol. The molecule has 0 aliphatic carbocycles. The zero-order valence-corrected chi connectivity index (χ0v) is 18.5. The van der Waals surface area contributed by atoms with Crippen LogP contribution in [-0.2, 0) is 20.8 Å². The Bertz CT molecular complexity index is 517. The lowest BCUT2D eigenvalue weighted by Crippen LogP contribution is -2.46. The molecule has 1 saturated heterocycles. The fourth-order valence-corrected chi connectivity index (χ4v) is 3.36. The van der Waals surface area contributed by atoms with E-state index in [0.29, 0.717) is 45.5 Å². The SMILES string of the molecule is CC(C)c1ccc(CN2CCN(CCOCCOCCOCCCN)CC2)cc1. The molecule has 1 fully saturated rings. The largest absolute Gasteiger partial charge is 0.379 e. The summed E-state index contributed by atoms with van der Waals surface area (Å²) in [6.07, 6.45) is 0.906. The number of benzene rings is 1. The van der Waals surface area contributed by atoms with E-state index < -0.39 is 0 Å². The van der Waals surface area contributed by atoms with Crippen molar-refractivity contribution in [3.05, 3.63) is 35.4 Å². The molecule has 0 amide bonds. The van der Waals surface area contributed by atoms with Crippen LogP contribution in [-0.4, -0.2) is 88.7 Å². The molecule has 2 N–H and O–H groups in total. The summed E-state index contributed by atoms with van der Waals surface area (Å²) in [5.41, 5.74) is 8.24. The van der Waals surface area contributed by atoms with Crippen LogP contribution < -0.4 is 5.73 Å². The van der Waals surface area contributed by atoms with Gasteiger partial charge in [-0.25, -0.2) is 0 Å². The first-order valence-electron chi connectivity index (χ1n) is 11.2. The molecule has 166 valence electrons.